The Kier molecular flexibility index (Phi) is 5.29. The average Bonchev–Trinajstić information content (AvgIpc) is 2.27. The van der Waals surface area contributed by atoms with Gasteiger partial charge in [0.05, 0.1) is 13.5 Å². The number of carboxylic acids is 1. The highest BCUT2D eigenvalue weighted by Crippen LogP contribution is 2.33. The summed E-state index contributed by atoms with van der Waals surface area (Å²) in [5, 5.41) is 9.47. The number of ether oxygens (including phenoxy) is 1. The summed E-state index contributed by atoms with van der Waals surface area (Å²) in [5.74, 6) is -0.143. The molecule has 0 amide bonds. The molecule has 0 radical (unpaired) electrons. The maximum absolute atomic E-state index is 10.8. The highest BCUT2D eigenvalue weighted by molar-refractivity contribution is 6.31. The Balaban J connectivity index is 2.96. The molecule has 1 N–H and O–H groups in total. The minimum absolute atomic E-state index is 0.0316. The van der Waals surface area contributed by atoms with Gasteiger partial charge in [0.15, 0.2) is 0 Å². The third kappa shape index (κ3) is 3.93. The summed E-state index contributed by atoms with van der Waals surface area (Å²) in [6.07, 6.45) is 1.86. The van der Waals surface area contributed by atoms with Gasteiger partial charge in [-0.1, -0.05) is 31.0 Å². The number of hydrogen-bond acceptors (Lipinski definition) is 2. The maximum Gasteiger partial charge on any atom is 0.303 e. The summed E-state index contributed by atoms with van der Waals surface area (Å²) < 4.78 is 5.07. The number of aliphatic carboxylic acids is 1. The molecule has 0 aliphatic carbocycles. The molecule has 1 unspecified atom stereocenters. The van der Waals surface area contributed by atoms with E-state index in [1.807, 2.05) is 19.1 Å². The fraction of sp³-hybridized carbons (Fsp3) is 0.462. The van der Waals surface area contributed by atoms with Crippen molar-refractivity contribution < 1.29 is 14.6 Å². The predicted octanol–water partition coefficient (Wildman–Crippen LogP) is 3.71. The van der Waals surface area contributed by atoms with E-state index >= 15 is 0 Å². The van der Waals surface area contributed by atoms with Crippen molar-refractivity contribution in [2.45, 2.75) is 32.1 Å². The van der Waals surface area contributed by atoms with Gasteiger partial charge in [0.1, 0.15) is 5.75 Å². The fourth-order valence-electron chi connectivity index (χ4n) is 1.89. The van der Waals surface area contributed by atoms with E-state index in [2.05, 4.69) is 0 Å². The van der Waals surface area contributed by atoms with Crippen LogP contribution in [0.5, 0.6) is 5.75 Å². The zero-order chi connectivity index (χ0) is 12.8. The third-order valence-corrected chi connectivity index (χ3v) is 3.03. The highest BCUT2D eigenvalue weighted by atomic mass is 35.5. The van der Waals surface area contributed by atoms with E-state index < -0.39 is 5.97 Å². The van der Waals surface area contributed by atoms with Crippen molar-refractivity contribution in [3.8, 4) is 5.75 Å². The maximum atomic E-state index is 10.8. The van der Waals surface area contributed by atoms with Crippen molar-refractivity contribution in [3.63, 3.8) is 0 Å². The molecular formula is C13H17ClO3. The van der Waals surface area contributed by atoms with Gasteiger partial charge in [-0.25, -0.2) is 0 Å². The molecule has 3 nitrogen and oxygen atoms in total. The molecule has 0 saturated carbocycles. The molecule has 0 spiro atoms. The molecule has 0 heterocycles. The minimum atomic E-state index is -0.796. The number of hydrogen-bond donors (Lipinski definition) is 1. The lowest BCUT2D eigenvalue weighted by molar-refractivity contribution is -0.137. The van der Waals surface area contributed by atoms with Gasteiger partial charge in [0.2, 0.25) is 0 Å². The lowest BCUT2D eigenvalue weighted by Crippen LogP contribution is -2.07. The molecule has 1 atom stereocenters. The molecule has 0 bridgehead atoms. The zero-order valence-corrected chi connectivity index (χ0v) is 10.8. The van der Waals surface area contributed by atoms with E-state index in [0.29, 0.717) is 10.8 Å². The van der Waals surface area contributed by atoms with Crippen LogP contribution in [0.15, 0.2) is 18.2 Å². The normalized spacial score (nSPS) is 12.2. The van der Waals surface area contributed by atoms with Crippen LogP contribution in [0.1, 0.15) is 37.7 Å². The first-order valence-corrected chi connectivity index (χ1v) is 6.01. The van der Waals surface area contributed by atoms with Gasteiger partial charge in [0, 0.05) is 5.02 Å². The topological polar surface area (TPSA) is 46.5 Å². The van der Waals surface area contributed by atoms with Crippen molar-refractivity contribution in [1.82, 2.24) is 0 Å². The van der Waals surface area contributed by atoms with Crippen molar-refractivity contribution >= 4 is 17.6 Å². The summed E-state index contributed by atoms with van der Waals surface area (Å²) in [6, 6.07) is 5.39. The fourth-order valence-corrected chi connectivity index (χ4v) is 2.22. The van der Waals surface area contributed by atoms with E-state index in [9.17, 15) is 4.79 Å². The number of benzene rings is 1. The van der Waals surface area contributed by atoms with Gasteiger partial charge in [-0.3, -0.25) is 4.79 Å². The quantitative estimate of drug-likeness (QED) is 0.844. The van der Waals surface area contributed by atoms with Crippen LogP contribution in [0.4, 0.5) is 0 Å². The standard InChI is InChI=1S/C13H17ClO3/c1-3-4-9(7-13(15)16)11-6-5-10(17-2)8-12(11)14/h5-6,8-9H,3-4,7H2,1-2H3,(H,15,16). The first kappa shape index (κ1) is 13.8. The van der Waals surface area contributed by atoms with Crippen LogP contribution in [-0.2, 0) is 4.79 Å². The molecule has 0 fully saturated rings. The van der Waals surface area contributed by atoms with Gasteiger partial charge < -0.3 is 9.84 Å². The van der Waals surface area contributed by atoms with E-state index in [1.165, 1.54) is 0 Å². The smallest absolute Gasteiger partial charge is 0.303 e. The second kappa shape index (κ2) is 6.50. The Bertz CT molecular complexity index is 390. The summed E-state index contributed by atoms with van der Waals surface area (Å²) >= 11 is 6.15. The zero-order valence-electron chi connectivity index (χ0n) is 10.1. The lowest BCUT2D eigenvalue weighted by Gasteiger charge is -2.16. The van der Waals surface area contributed by atoms with Crippen LogP contribution in [0.3, 0.4) is 0 Å². The van der Waals surface area contributed by atoms with Gasteiger partial charge in [-0.2, -0.15) is 0 Å². The summed E-state index contributed by atoms with van der Waals surface area (Å²) in [5.41, 5.74) is 0.886. The third-order valence-electron chi connectivity index (χ3n) is 2.71. The Hall–Kier alpha value is -1.22. The van der Waals surface area contributed by atoms with E-state index in [0.717, 1.165) is 18.4 Å². The number of methoxy groups -OCH3 is 1. The molecular weight excluding hydrogens is 240 g/mol. The molecule has 17 heavy (non-hydrogen) atoms. The molecule has 1 rings (SSSR count). The number of rotatable bonds is 6. The first-order valence-electron chi connectivity index (χ1n) is 5.63. The molecule has 0 aliphatic rings. The molecule has 1 aromatic rings. The van der Waals surface area contributed by atoms with E-state index in [4.69, 9.17) is 21.4 Å². The molecule has 0 saturated heterocycles. The molecule has 94 valence electrons. The van der Waals surface area contributed by atoms with Crippen LogP contribution in [0.2, 0.25) is 5.02 Å². The van der Waals surface area contributed by atoms with Crippen LogP contribution in [0, 0.1) is 0 Å². The summed E-state index contributed by atoms with van der Waals surface area (Å²) in [6.45, 7) is 2.03. The van der Waals surface area contributed by atoms with Gasteiger partial charge in [-0.15, -0.1) is 0 Å². The van der Waals surface area contributed by atoms with Crippen molar-refractivity contribution in [1.29, 1.82) is 0 Å². The van der Waals surface area contributed by atoms with Crippen LogP contribution in [0.25, 0.3) is 0 Å². The van der Waals surface area contributed by atoms with Crippen LogP contribution >= 0.6 is 11.6 Å². The summed E-state index contributed by atoms with van der Waals surface area (Å²) in [7, 11) is 1.58. The monoisotopic (exact) mass is 256 g/mol. The Morgan fingerprint density at radius 2 is 2.24 bits per heavy atom. The first-order chi connectivity index (χ1) is 8.08. The predicted molar refractivity (Wildman–Crippen MR) is 67.9 cm³/mol. The second-order valence-corrected chi connectivity index (χ2v) is 4.38. The number of carboxylic acid groups (broad SMARTS) is 1. The Labute approximate surface area is 106 Å². The molecule has 4 heteroatoms. The highest BCUT2D eigenvalue weighted by Gasteiger charge is 2.17. The van der Waals surface area contributed by atoms with Crippen molar-refractivity contribution in [2.75, 3.05) is 7.11 Å². The van der Waals surface area contributed by atoms with E-state index in [-0.39, 0.29) is 12.3 Å². The van der Waals surface area contributed by atoms with E-state index in [1.54, 1.807) is 13.2 Å². The van der Waals surface area contributed by atoms with Crippen molar-refractivity contribution in [3.05, 3.63) is 28.8 Å². The SMILES string of the molecule is CCCC(CC(=O)O)c1ccc(OC)cc1Cl. The molecule has 0 aromatic heterocycles. The molecule has 0 aliphatic heterocycles. The van der Waals surface area contributed by atoms with Crippen LogP contribution < -0.4 is 4.74 Å². The minimum Gasteiger partial charge on any atom is -0.497 e. The van der Waals surface area contributed by atoms with Crippen LogP contribution in [-0.4, -0.2) is 18.2 Å². The Morgan fingerprint density at radius 1 is 1.53 bits per heavy atom. The lowest BCUT2D eigenvalue weighted by atomic mass is 9.91. The summed E-state index contributed by atoms with van der Waals surface area (Å²) in [4.78, 5) is 10.8. The number of halogens is 1. The van der Waals surface area contributed by atoms with Gasteiger partial charge >= 0.3 is 5.97 Å². The largest absolute Gasteiger partial charge is 0.497 e. The number of carbonyl (C=O) groups is 1. The average molecular weight is 257 g/mol. The van der Waals surface area contributed by atoms with Gasteiger partial charge in [0.25, 0.3) is 0 Å². The molecule has 1 aromatic carbocycles. The Morgan fingerprint density at radius 3 is 2.71 bits per heavy atom. The van der Waals surface area contributed by atoms with Crippen molar-refractivity contribution in [2.24, 2.45) is 0 Å². The van der Waals surface area contributed by atoms with Gasteiger partial charge in [-0.05, 0) is 30.0 Å². The second-order valence-electron chi connectivity index (χ2n) is 3.97.